The van der Waals surface area contributed by atoms with Gasteiger partial charge in [0.2, 0.25) is 0 Å². The molecule has 2 heteroatoms. The second-order valence-electron chi connectivity index (χ2n) is 4.86. The van der Waals surface area contributed by atoms with E-state index < -0.39 is 0 Å². The van der Waals surface area contributed by atoms with Crippen molar-refractivity contribution in [2.45, 2.75) is 38.1 Å². The Morgan fingerprint density at radius 1 is 1.24 bits per heavy atom. The minimum Gasteiger partial charge on any atom is -0.385 e. The highest BCUT2D eigenvalue weighted by atomic mass is 16.5. The lowest BCUT2D eigenvalue weighted by Gasteiger charge is -2.25. The molecule has 1 atom stereocenters. The molecule has 0 aliphatic heterocycles. The Hall–Kier alpha value is -0.860. The summed E-state index contributed by atoms with van der Waals surface area (Å²) in [6.45, 7) is 2.01. The molecule has 2 nitrogen and oxygen atoms in total. The first-order chi connectivity index (χ1) is 8.40. The average molecular weight is 233 g/mol. The summed E-state index contributed by atoms with van der Waals surface area (Å²) in [7, 11) is 1.77. The second kappa shape index (κ2) is 6.77. The largest absolute Gasteiger partial charge is 0.385 e. The number of methoxy groups -OCH3 is 1. The van der Waals surface area contributed by atoms with Gasteiger partial charge in [-0.3, -0.25) is 0 Å². The van der Waals surface area contributed by atoms with Crippen LogP contribution in [0.25, 0.3) is 0 Å². The zero-order valence-electron chi connectivity index (χ0n) is 10.7. The zero-order valence-corrected chi connectivity index (χ0v) is 10.7. The summed E-state index contributed by atoms with van der Waals surface area (Å²) in [6, 6.07) is 9.52. The molecule has 1 N–H and O–H groups in total. The number of aryl methyl sites for hydroxylation is 1. The van der Waals surface area contributed by atoms with Gasteiger partial charge in [-0.2, -0.15) is 0 Å². The lowest BCUT2D eigenvalue weighted by Crippen LogP contribution is -2.35. The molecule has 0 saturated carbocycles. The van der Waals surface area contributed by atoms with E-state index in [2.05, 4.69) is 29.6 Å². The van der Waals surface area contributed by atoms with Crippen LogP contribution in [0, 0.1) is 0 Å². The van der Waals surface area contributed by atoms with Crippen molar-refractivity contribution in [3.05, 3.63) is 35.4 Å². The molecule has 0 fully saturated rings. The molecule has 2 rings (SSSR count). The van der Waals surface area contributed by atoms with Crippen molar-refractivity contribution in [2.75, 3.05) is 20.3 Å². The summed E-state index contributed by atoms with van der Waals surface area (Å²) in [4.78, 5) is 0. The van der Waals surface area contributed by atoms with Crippen LogP contribution in [0.3, 0.4) is 0 Å². The van der Waals surface area contributed by atoms with Crippen LogP contribution < -0.4 is 5.32 Å². The number of nitrogens with one attached hydrogen (secondary N) is 1. The van der Waals surface area contributed by atoms with Gasteiger partial charge in [-0.1, -0.05) is 24.3 Å². The molecule has 1 unspecified atom stereocenters. The smallest absolute Gasteiger partial charge is 0.0462 e. The molecule has 1 aromatic carbocycles. The van der Waals surface area contributed by atoms with E-state index in [1.165, 1.54) is 31.2 Å². The van der Waals surface area contributed by atoms with Crippen LogP contribution in [0.4, 0.5) is 0 Å². The molecule has 17 heavy (non-hydrogen) atoms. The number of unbranched alkanes of at least 4 members (excludes halogenated alkanes) is 1. The number of rotatable bonds is 6. The minimum atomic E-state index is 0.674. The van der Waals surface area contributed by atoms with Crippen LogP contribution in [-0.4, -0.2) is 26.3 Å². The van der Waals surface area contributed by atoms with Crippen molar-refractivity contribution < 1.29 is 4.74 Å². The SMILES string of the molecule is COCCCCNC1CCc2ccccc2C1. The number of fused-ring (bicyclic) bond motifs is 1. The Balaban J connectivity index is 1.71. The lowest BCUT2D eigenvalue weighted by molar-refractivity contribution is 0.192. The van der Waals surface area contributed by atoms with E-state index in [-0.39, 0.29) is 0 Å². The Kier molecular flexibility index (Phi) is 5.02. The van der Waals surface area contributed by atoms with E-state index in [4.69, 9.17) is 4.74 Å². The number of hydrogen-bond donors (Lipinski definition) is 1. The van der Waals surface area contributed by atoms with Gasteiger partial charge in [0.25, 0.3) is 0 Å². The Morgan fingerprint density at radius 3 is 2.88 bits per heavy atom. The first-order valence-electron chi connectivity index (χ1n) is 6.69. The summed E-state index contributed by atoms with van der Waals surface area (Å²) in [5.74, 6) is 0. The highest BCUT2D eigenvalue weighted by molar-refractivity contribution is 5.30. The molecule has 1 aliphatic rings. The summed E-state index contributed by atoms with van der Waals surface area (Å²) >= 11 is 0. The van der Waals surface area contributed by atoms with E-state index >= 15 is 0 Å². The number of hydrogen-bond acceptors (Lipinski definition) is 2. The quantitative estimate of drug-likeness (QED) is 0.762. The standard InChI is InChI=1S/C15H23NO/c1-17-11-5-4-10-16-15-9-8-13-6-2-3-7-14(13)12-15/h2-3,6-7,15-16H,4-5,8-12H2,1H3. The molecule has 0 spiro atoms. The maximum atomic E-state index is 5.05. The first kappa shape index (κ1) is 12.6. The van der Waals surface area contributed by atoms with Gasteiger partial charge in [0.05, 0.1) is 0 Å². The lowest BCUT2D eigenvalue weighted by atomic mass is 9.88. The third-order valence-electron chi connectivity index (χ3n) is 3.56. The average Bonchev–Trinajstić information content (AvgIpc) is 2.38. The summed E-state index contributed by atoms with van der Waals surface area (Å²) in [5, 5.41) is 3.67. The third kappa shape index (κ3) is 3.83. The topological polar surface area (TPSA) is 21.3 Å². The van der Waals surface area contributed by atoms with Crippen molar-refractivity contribution >= 4 is 0 Å². The van der Waals surface area contributed by atoms with Gasteiger partial charge < -0.3 is 10.1 Å². The molecule has 0 amide bonds. The summed E-state index contributed by atoms with van der Waals surface area (Å²) in [6.07, 6.45) is 6.08. The van der Waals surface area contributed by atoms with Gasteiger partial charge in [0.15, 0.2) is 0 Å². The van der Waals surface area contributed by atoms with E-state index in [9.17, 15) is 0 Å². The van der Waals surface area contributed by atoms with Crippen molar-refractivity contribution in [3.8, 4) is 0 Å². The van der Waals surface area contributed by atoms with Gasteiger partial charge in [-0.15, -0.1) is 0 Å². The van der Waals surface area contributed by atoms with Crippen LogP contribution in [0.15, 0.2) is 24.3 Å². The predicted molar refractivity (Wildman–Crippen MR) is 71.4 cm³/mol. The fourth-order valence-corrected chi connectivity index (χ4v) is 2.55. The maximum absolute atomic E-state index is 5.05. The molecule has 1 aromatic rings. The van der Waals surface area contributed by atoms with Crippen LogP contribution in [0.2, 0.25) is 0 Å². The fraction of sp³-hybridized carbons (Fsp3) is 0.600. The van der Waals surface area contributed by atoms with Gasteiger partial charge in [0, 0.05) is 19.8 Å². The van der Waals surface area contributed by atoms with Crippen LogP contribution >= 0.6 is 0 Å². The Morgan fingerprint density at radius 2 is 2.06 bits per heavy atom. The van der Waals surface area contributed by atoms with E-state index in [1.807, 2.05) is 0 Å². The molecule has 0 aromatic heterocycles. The second-order valence-corrected chi connectivity index (χ2v) is 4.86. The third-order valence-corrected chi connectivity index (χ3v) is 3.56. The Labute approximate surface area is 104 Å². The molecule has 94 valence electrons. The molecular formula is C15H23NO. The number of ether oxygens (including phenoxy) is 1. The highest BCUT2D eigenvalue weighted by Crippen LogP contribution is 2.20. The van der Waals surface area contributed by atoms with Gasteiger partial charge in [0.1, 0.15) is 0 Å². The van der Waals surface area contributed by atoms with Crippen LogP contribution in [0.5, 0.6) is 0 Å². The van der Waals surface area contributed by atoms with E-state index in [0.29, 0.717) is 6.04 Å². The summed E-state index contributed by atoms with van der Waals surface area (Å²) < 4.78 is 5.05. The molecule has 0 saturated heterocycles. The Bertz CT molecular complexity index is 337. The van der Waals surface area contributed by atoms with Crippen molar-refractivity contribution in [1.82, 2.24) is 5.32 Å². The van der Waals surface area contributed by atoms with Crippen molar-refractivity contribution in [1.29, 1.82) is 0 Å². The predicted octanol–water partition coefficient (Wildman–Crippen LogP) is 2.56. The first-order valence-corrected chi connectivity index (χ1v) is 6.69. The zero-order chi connectivity index (χ0) is 11.9. The van der Waals surface area contributed by atoms with Gasteiger partial charge in [-0.25, -0.2) is 0 Å². The molecule has 0 radical (unpaired) electrons. The fourth-order valence-electron chi connectivity index (χ4n) is 2.55. The monoisotopic (exact) mass is 233 g/mol. The van der Waals surface area contributed by atoms with E-state index in [0.717, 1.165) is 19.6 Å². The molecule has 1 aliphatic carbocycles. The van der Waals surface area contributed by atoms with Gasteiger partial charge in [-0.05, 0) is 49.8 Å². The van der Waals surface area contributed by atoms with Crippen molar-refractivity contribution in [2.24, 2.45) is 0 Å². The molecule has 0 heterocycles. The minimum absolute atomic E-state index is 0.674. The van der Waals surface area contributed by atoms with Crippen LogP contribution in [0.1, 0.15) is 30.4 Å². The van der Waals surface area contributed by atoms with Crippen LogP contribution in [-0.2, 0) is 17.6 Å². The summed E-state index contributed by atoms with van der Waals surface area (Å²) in [5.41, 5.74) is 3.08. The van der Waals surface area contributed by atoms with Crippen molar-refractivity contribution in [3.63, 3.8) is 0 Å². The van der Waals surface area contributed by atoms with Gasteiger partial charge >= 0.3 is 0 Å². The molecule has 0 bridgehead atoms. The maximum Gasteiger partial charge on any atom is 0.0462 e. The normalized spacial score (nSPS) is 19.0. The highest BCUT2D eigenvalue weighted by Gasteiger charge is 2.16. The van der Waals surface area contributed by atoms with E-state index in [1.54, 1.807) is 12.7 Å². The molecular weight excluding hydrogens is 210 g/mol. The number of benzene rings is 1.